The molecule has 0 aliphatic carbocycles. The fraction of sp³-hybridized carbons (Fsp3) is 0.381. The van der Waals surface area contributed by atoms with Crippen LogP contribution in [0.25, 0.3) is 0 Å². The van der Waals surface area contributed by atoms with Crippen molar-refractivity contribution in [2.45, 2.75) is 36.6 Å². The van der Waals surface area contributed by atoms with E-state index in [0.717, 1.165) is 24.8 Å². The number of amides is 1. The van der Waals surface area contributed by atoms with E-state index in [2.05, 4.69) is 0 Å². The Morgan fingerprint density at radius 3 is 2.71 bits per heavy atom. The zero-order valence-electron chi connectivity index (χ0n) is 15.6. The Labute approximate surface area is 165 Å². The molecule has 2 aliphatic heterocycles. The number of aliphatic hydroxyl groups is 1. The van der Waals surface area contributed by atoms with Crippen molar-refractivity contribution in [3.8, 4) is 0 Å². The minimum Gasteiger partial charge on any atom is -0.394 e. The maximum atomic E-state index is 13.2. The van der Waals surface area contributed by atoms with E-state index in [1.54, 1.807) is 17.0 Å². The van der Waals surface area contributed by atoms with E-state index in [4.69, 9.17) is 0 Å². The summed E-state index contributed by atoms with van der Waals surface area (Å²) >= 11 is 0. The van der Waals surface area contributed by atoms with Crippen LogP contribution in [-0.4, -0.2) is 50.1 Å². The van der Waals surface area contributed by atoms with Crippen molar-refractivity contribution in [2.75, 3.05) is 24.0 Å². The first-order valence-corrected chi connectivity index (χ1v) is 11.1. The van der Waals surface area contributed by atoms with E-state index in [9.17, 15) is 18.3 Å². The highest BCUT2D eigenvalue weighted by atomic mass is 32.2. The molecule has 0 saturated carbocycles. The molecule has 1 amide bonds. The molecular weight excluding hydrogens is 376 g/mol. The lowest BCUT2D eigenvalue weighted by atomic mass is 10.0. The number of fused-ring (bicyclic) bond motifs is 1. The number of rotatable bonds is 4. The normalized spacial score (nSPS) is 19.5. The van der Waals surface area contributed by atoms with Gasteiger partial charge in [-0.2, -0.15) is 0 Å². The Balaban J connectivity index is 1.64. The first-order chi connectivity index (χ1) is 13.5. The highest BCUT2D eigenvalue weighted by Gasteiger charge is 2.32. The Bertz CT molecular complexity index is 989. The molecule has 4 rings (SSSR count). The van der Waals surface area contributed by atoms with Crippen LogP contribution in [0.2, 0.25) is 0 Å². The van der Waals surface area contributed by atoms with Crippen molar-refractivity contribution < 1.29 is 18.3 Å². The number of sulfonamides is 1. The number of carbonyl (C=O) groups excluding carboxylic acids is 1. The maximum absolute atomic E-state index is 13.2. The quantitative estimate of drug-likeness (QED) is 0.855. The number of para-hydroxylation sites is 1. The average molecular weight is 401 g/mol. The third-order valence-electron chi connectivity index (χ3n) is 5.61. The van der Waals surface area contributed by atoms with Gasteiger partial charge in [-0.3, -0.25) is 9.10 Å². The fourth-order valence-electron chi connectivity index (χ4n) is 4.10. The molecule has 1 fully saturated rings. The molecule has 2 aromatic rings. The van der Waals surface area contributed by atoms with E-state index in [1.807, 2.05) is 24.3 Å². The lowest BCUT2D eigenvalue weighted by Gasteiger charge is -2.34. The van der Waals surface area contributed by atoms with Crippen molar-refractivity contribution in [3.05, 3.63) is 59.7 Å². The largest absolute Gasteiger partial charge is 0.394 e. The van der Waals surface area contributed by atoms with Gasteiger partial charge >= 0.3 is 0 Å². The van der Waals surface area contributed by atoms with E-state index < -0.39 is 10.0 Å². The molecule has 2 aliphatic rings. The summed E-state index contributed by atoms with van der Waals surface area (Å²) in [4.78, 5) is 14.8. The van der Waals surface area contributed by atoms with Gasteiger partial charge in [-0.1, -0.05) is 24.3 Å². The summed E-state index contributed by atoms with van der Waals surface area (Å²) in [5.74, 6) is -0.224. The lowest BCUT2D eigenvalue weighted by molar-refractivity contribution is 0.0503. The molecule has 6 nitrogen and oxygen atoms in total. The van der Waals surface area contributed by atoms with Crippen LogP contribution in [0.3, 0.4) is 0 Å². The van der Waals surface area contributed by atoms with Crippen molar-refractivity contribution >= 4 is 21.6 Å². The van der Waals surface area contributed by atoms with Gasteiger partial charge in [-0.15, -0.1) is 0 Å². The maximum Gasteiger partial charge on any atom is 0.264 e. The van der Waals surface area contributed by atoms with E-state index >= 15 is 0 Å². The van der Waals surface area contributed by atoms with Gasteiger partial charge in [0.25, 0.3) is 15.9 Å². The number of piperidine rings is 1. The van der Waals surface area contributed by atoms with Crippen LogP contribution in [0.4, 0.5) is 5.69 Å². The molecule has 1 atom stereocenters. The molecule has 0 aromatic heterocycles. The number of hydrogen-bond donors (Lipinski definition) is 1. The van der Waals surface area contributed by atoms with Crippen molar-refractivity contribution in [2.24, 2.45) is 0 Å². The topological polar surface area (TPSA) is 77.9 Å². The zero-order valence-corrected chi connectivity index (χ0v) is 16.4. The summed E-state index contributed by atoms with van der Waals surface area (Å²) in [6, 6.07) is 13.5. The monoisotopic (exact) mass is 400 g/mol. The minimum absolute atomic E-state index is 0.0751. The van der Waals surface area contributed by atoms with Gasteiger partial charge in [0.15, 0.2) is 0 Å². The highest BCUT2D eigenvalue weighted by Crippen LogP contribution is 2.33. The van der Waals surface area contributed by atoms with Crippen LogP contribution < -0.4 is 4.31 Å². The lowest BCUT2D eigenvalue weighted by Crippen LogP contribution is -2.45. The Morgan fingerprint density at radius 1 is 1.07 bits per heavy atom. The SMILES string of the molecule is O=C(c1cccc(S(=O)(=O)N2CCc3ccccc32)c1)N1CCCC[C@@H]1CO. The van der Waals surface area contributed by atoms with Crippen LogP contribution in [0.15, 0.2) is 53.4 Å². The van der Waals surface area contributed by atoms with Gasteiger partial charge in [0, 0.05) is 18.7 Å². The number of likely N-dealkylation sites (tertiary alicyclic amines) is 1. The molecule has 0 bridgehead atoms. The first kappa shape index (κ1) is 19.0. The first-order valence-electron chi connectivity index (χ1n) is 9.65. The molecule has 1 saturated heterocycles. The summed E-state index contributed by atoms with van der Waals surface area (Å²) in [5, 5.41) is 9.58. The predicted octanol–water partition coefficient (Wildman–Crippen LogP) is 2.43. The van der Waals surface area contributed by atoms with Gasteiger partial charge in [-0.25, -0.2) is 8.42 Å². The molecule has 28 heavy (non-hydrogen) atoms. The Morgan fingerprint density at radius 2 is 1.89 bits per heavy atom. The summed E-state index contributed by atoms with van der Waals surface area (Å²) in [5.41, 5.74) is 2.06. The Hall–Kier alpha value is -2.38. The molecule has 2 aromatic carbocycles. The standard InChI is InChI=1S/C21H24N2O4S/c24-15-18-8-3-4-12-22(18)21(25)17-7-5-9-19(14-17)28(26,27)23-13-11-16-6-1-2-10-20(16)23/h1-2,5-7,9-10,14,18,24H,3-4,8,11-13,15H2/t18-/m1/s1. The van der Waals surface area contributed by atoms with Gasteiger partial charge in [-0.05, 0) is 55.5 Å². The summed E-state index contributed by atoms with van der Waals surface area (Å²) < 4.78 is 27.9. The number of anilines is 1. The van der Waals surface area contributed by atoms with Crippen LogP contribution in [0, 0.1) is 0 Å². The summed E-state index contributed by atoms with van der Waals surface area (Å²) in [6.07, 6.45) is 3.33. The third-order valence-corrected chi connectivity index (χ3v) is 7.42. The van der Waals surface area contributed by atoms with Gasteiger partial charge in [0.1, 0.15) is 0 Å². The van der Waals surface area contributed by atoms with E-state index in [-0.39, 0.29) is 23.5 Å². The highest BCUT2D eigenvalue weighted by molar-refractivity contribution is 7.92. The molecule has 148 valence electrons. The minimum atomic E-state index is -3.74. The number of benzene rings is 2. The average Bonchev–Trinajstić information content (AvgIpc) is 3.18. The van der Waals surface area contributed by atoms with Gasteiger partial charge in [0.05, 0.1) is 23.2 Å². The molecule has 7 heteroatoms. The van der Waals surface area contributed by atoms with Crippen LogP contribution in [0.1, 0.15) is 35.2 Å². The van der Waals surface area contributed by atoms with Crippen LogP contribution in [-0.2, 0) is 16.4 Å². The number of nitrogens with zero attached hydrogens (tertiary/aromatic N) is 2. The van der Waals surface area contributed by atoms with Gasteiger partial charge in [0.2, 0.25) is 0 Å². The van der Waals surface area contributed by atoms with Crippen molar-refractivity contribution in [3.63, 3.8) is 0 Å². The molecule has 0 unspecified atom stereocenters. The van der Waals surface area contributed by atoms with Crippen LogP contribution >= 0.6 is 0 Å². The van der Waals surface area contributed by atoms with Crippen molar-refractivity contribution in [1.82, 2.24) is 4.90 Å². The molecule has 0 spiro atoms. The molecule has 0 radical (unpaired) electrons. The predicted molar refractivity (Wildman–Crippen MR) is 107 cm³/mol. The number of hydrogen-bond acceptors (Lipinski definition) is 4. The van der Waals surface area contributed by atoms with Crippen LogP contribution in [0.5, 0.6) is 0 Å². The van der Waals surface area contributed by atoms with E-state index in [0.29, 0.717) is 30.8 Å². The summed E-state index contributed by atoms with van der Waals surface area (Å²) in [6.45, 7) is 0.910. The molecule has 1 N–H and O–H groups in total. The second-order valence-corrected chi connectivity index (χ2v) is 9.18. The van der Waals surface area contributed by atoms with Gasteiger partial charge < -0.3 is 10.0 Å². The third kappa shape index (κ3) is 3.29. The fourth-order valence-corrected chi connectivity index (χ4v) is 5.65. The number of aliphatic hydroxyl groups excluding tert-OH is 1. The second-order valence-electron chi connectivity index (χ2n) is 7.31. The van der Waals surface area contributed by atoms with E-state index in [1.165, 1.54) is 16.4 Å². The number of carbonyl (C=O) groups is 1. The zero-order chi connectivity index (χ0) is 19.7. The Kier molecular flexibility index (Phi) is 5.12. The molecule has 2 heterocycles. The smallest absolute Gasteiger partial charge is 0.264 e. The molecular formula is C21H24N2O4S. The second kappa shape index (κ2) is 7.56. The summed E-state index contributed by atoms with van der Waals surface area (Å²) in [7, 11) is -3.74. The van der Waals surface area contributed by atoms with Crippen molar-refractivity contribution in [1.29, 1.82) is 0 Å².